The summed E-state index contributed by atoms with van der Waals surface area (Å²) < 4.78 is 6.30. The Balaban J connectivity index is 2.63. The molecule has 112 valence electrons. The lowest BCUT2D eigenvalue weighted by molar-refractivity contribution is 0.405. The van der Waals surface area contributed by atoms with Crippen LogP contribution in [0.1, 0.15) is 33.9 Å². The van der Waals surface area contributed by atoms with Crippen LogP contribution in [0, 0.1) is 20.8 Å². The lowest BCUT2D eigenvalue weighted by Crippen LogP contribution is -2.16. The SMILES string of the molecule is COc1c(Br)cc(Cl)cc1C(N)c1c(C)cc(C)cc1C. The van der Waals surface area contributed by atoms with E-state index in [1.807, 2.05) is 12.1 Å². The molecule has 2 nitrogen and oxygen atoms in total. The Morgan fingerprint density at radius 2 is 1.67 bits per heavy atom. The van der Waals surface area contributed by atoms with Crippen molar-refractivity contribution in [3.63, 3.8) is 0 Å². The summed E-state index contributed by atoms with van der Waals surface area (Å²) in [4.78, 5) is 0. The quantitative estimate of drug-likeness (QED) is 0.819. The normalized spacial score (nSPS) is 12.3. The van der Waals surface area contributed by atoms with Crippen LogP contribution in [0.4, 0.5) is 0 Å². The molecule has 2 rings (SSSR count). The van der Waals surface area contributed by atoms with Crippen LogP contribution >= 0.6 is 27.5 Å². The van der Waals surface area contributed by atoms with E-state index in [1.54, 1.807) is 7.11 Å². The Hall–Kier alpha value is -1.03. The molecule has 21 heavy (non-hydrogen) atoms. The Kier molecular flexibility index (Phi) is 4.97. The first-order valence-electron chi connectivity index (χ1n) is 6.71. The van der Waals surface area contributed by atoms with Gasteiger partial charge in [0.2, 0.25) is 0 Å². The Morgan fingerprint density at radius 1 is 1.10 bits per heavy atom. The maximum absolute atomic E-state index is 6.52. The number of methoxy groups -OCH3 is 1. The van der Waals surface area contributed by atoms with E-state index in [0.29, 0.717) is 5.02 Å². The van der Waals surface area contributed by atoms with E-state index in [-0.39, 0.29) is 6.04 Å². The summed E-state index contributed by atoms with van der Waals surface area (Å²) in [6.07, 6.45) is 0. The first-order valence-corrected chi connectivity index (χ1v) is 7.88. The second-order valence-electron chi connectivity index (χ2n) is 5.30. The molecule has 4 heteroatoms. The molecule has 0 fully saturated rings. The maximum atomic E-state index is 6.52. The molecule has 0 aromatic heterocycles. The fourth-order valence-electron chi connectivity index (χ4n) is 2.86. The molecule has 0 saturated carbocycles. The van der Waals surface area contributed by atoms with Crippen molar-refractivity contribution < 1.29 is 4.74 Å². The third-order valence-corrected chi connectivity index (χ3v) is 4.43. The standard InChI is InChI=1S/C17H19BrClNO/c1-9-5-10(2)15(11(3)6-9)16(20)13-7-12(19)8-14(18)17(13)21-4/h5-8,16H,20H2,1-4H3. The Labute approximate surface area is 139 Å². The van der Waals surface area contributed by atoms with Crippen molar-refractivity contribution in [1.29, 1.82) is 0 Å². The van der Waals surface area contributed by atoms with Crippen LogP contribution in [0.25, 0.3) is 0 Å². The highest BCUT2D eigenvalue weighted by Crippen LogP contribution is 2.38. The smallest absolute Gasteiger partial charge is 0.138 e. The number of hydrogen-bond acceptors (Lipinski definition) is 2. The number of benzene rings is 2. The number of rotatable bonds is 3. The Bertz CT molecular complexity index is 662. The zero-order chi connectivity index (χ0) is 15.7. The summed E-state index contributed by atoms with van der Waals surface area (Å²) in [7, 11) is 1.64. The number of ether oxygens (including phenoxy) is 1. The van der Waals surface area contributed by atoms with E-state index in [2.05, 4.69) is 48.8 Å². The predicted molar refractivity (Wildman–Crippen MR) is 92.4 cm³/mol. The summed E-state index contributed by atoms with van der Waals surface area (Å²) in [5.41, 5.74) is 12.1. The highest BCUT2D eigenvalue weighted by atomic mass is 79.9. The van der Waals surface area contributed by atoms with Crippen LogP contribution in [0.3, 0.4) is 0 Å². The van der Waals surface area contributed by atoms with Gasteiger partial charge in [0.25, 0.3) is 0 Å². The maximum Gasteiger partial charge on any atom is 0.138 e. The molecular formula is C17H19BrClNO. The first kappa shape index (κ1) is 16.3. The van der Waals surface area contributed by atoms with Crippen LogP contribution < -0.4 is 10.5 Å². The minimum absolute atomic E-state index is 0.282. The van der Waals surface area contributed by atoms with Crippen molar-refractivity contribution in [3.05, 3.63) is 61.6 Å². The van der Waals surface area contributed by atoms with Crippen LogP contribution in [0.5, 0.6) is 5.75 Å². The van der Waals surface area contributed by atoms with Crippen molar-refractivity contribution >= 4 is 27.5 Å². The molecule has 1 atom stereocenters. The zero-order valence-corrected chi connectivity index (χ0v) is 15.0. The van der Waals surface area contributed by atoms with Crippen molar-refractivity contribution in [2.45, 2.75) is 26.8 Å². The number of nitrogens with two attached hydrogens (primary N) is 1. The van der Waals surface area contributed by atoms with E-state index >= 15 is 0 Å². The Morgan fingerprint density at radius 3 is 2.19 bits per heavy atom. The summed E-state index contributed by atoms with van der Waals surface area (Å²) in [5.74, 6) is 0.728. The molecule has 0 aliphatic rings. The number of hydrogen-bond donors (Lipinski definition) is 1. The van der Waals surface area contributed by atoms with Gasteiger partial charge in [-0.25, -0.2) is 0 Å². The van der Waals surface area contributed by atoms with Gasteiger partial charge in [0.05, 0.1) is 17.6 Å². The second-order valence-corrected chi connectivity index (χ2v) is 6.59. The van der Waals surface area contributed by atoms with Crippen LogP contribution in [0.15, 0.2) is 28.7 Å². The molecule has 0 aliphatic heterocycles. The molecule has 0 aliphatic carbocycles. The molecule has 2 N–H and O–H groups in total. The lowest BCUT2D eigenvalue weighted by atomic mass is 9.90. The molecule has 0 amide bonds. The van der Waals surface area contributed by atoms with E-state index in [9.17, 15) is 0 Å². The van der Waals surface area contributed by atoms with Gasteiger partial charge in [-0.2, -0.15) is 0 Å². The molecule has 0 spiro atoms. The summed E-state index contributed by atoms with van der Waals surface area (Å²) >= 11 is 9.66. The summed E-state index contributed by atoms with van der Waals surface area (Å²) in [5, 5.41) is 0.635. The monoisotopic (exact) mass is 367 g/mol. The zero-order valence-electron chi connectivity index (χ0n) is 12.6. The molecule has 1 unspecified atom stereocenters. The average Bonchev–Trinajstić information content (AvgIpc) is 2.36. The van der Waals surface area contributed by atoms with Gasteiger partial charge in [-0.05, 0) is 65.5 Å². The lowest BCUT2D eigenvalue weighted by Gasteiger charge is -2.22. The van der Waals surface area contributed by atoms with Crippen molar-refractivity contribution in [2.75, 3.05) is 7.11 Å². The molecular weight excluding hydrogens is 350 g/mol. The van der Waals surface area contributed by atoms with Gasteiger partial charge in [-0.15, -0.1) is 0 Å². The van der Waals surface area contributed by atoms with Crippen molar-refractivity contribution in [1.82, 2.24) is 0 Å². The van der Waals surface area contributed by atoms with Crippen molar-refractivity contribution in [2.24, 2.45) is 5.73 Å². The molecule has 2 aromatic rings. The van der Waals surface area contributed by atoms with Gasteiger partial charge in [-0.1, -0.05) is 29.3 Å². The predicted octanol–water partition coefficient (Wildman–Crippen LogP) is 5.08. The van der Waals surface area contributed by atoms with E-state index in [1.165, 1.54) is 16.7 Å². The number of halogens is 2. The summed E-state index contributed by atoms with van der Waals surface area (Å²) in [6.45, 7) is 6.26. The largest absolute Gasteiger partial charge is 0.495 e. The third-order valence-electron chi connectivity index (χ3n) is 3.63. The second kappa shape index (κ2) is 6.39. The van der Waals surface area contributed by atoms with Gasteiger partial charge in [0.15, 0.2) is 0 Å². The van der Waals surface area contributed by atoms with Gasteiger partial charge < -0.3 is 10.5 Å². The highest BCUT2D eigenvalue weighted by Gasteiger charge is 2.20. The van der Waals surface area contributed by atoms with Crippen LogP contribution in [-0.4, -0.2) is 7.11 Å². The fourth-order valence-corrected chi connectivity index (χ4v) is 3.86. The number of aryl methyl sites for hydroxylation is 3. The average molecular weight is 369 g/mol. The molecule has 0 saturated heterocycles. The molecule has 0 heterocycles. The summed E-state index contributed by atoms with van der Waals surface area (Å²) in [6, 6.07) is 7.69. The first-order chi connectivity index (χ1) is 9.85. The molecule has 2 aromatic carbocycles. The van der Waals surface area contributed by atoms with Gasteiger partial charge in [-0.3, -0.25) is 0 Å². The topological polar surface area (TPSA) is 35.2 Å². The third kappa shape index (κ3) is 3.25. The van der Waals surface area contributed by atoms with E-state index < -0.39 is 0 Å². The van der Waals surface area contributed by atoms with E-state index in [0.717, 1.165) is 21.3 Å². The van der Waals surface area contributed by atoms with Gasteiger partial charge in [0.1, 0.15) is 5.75 Å². The minimum atomic E-state index is -0.282. The molecule has 0 radical (unpaired) electrons. The van der Waals surface area contributed by atoms with Gasteiger partial charge in [0, 0.05) is 10.6 Å². The van der Waals surface area contributed by atoms with Crippen molar-refractivity contribution in [3.8, 4) is 5.75 Å². The van der Waals surface area contributed by atoms with Crippen LogP contribution in [-0.2, 0) is 0 Å². The van der Waals surface area contributed by atoms with E-state index in [4.69, 9.17) is 22.1 Å². The highest BCUT2D eigenvalue weighted by molar-refractivity contribution is 9.10. The fraction of sp³-hybridized carbons (Fsp3) is 0.294. The van der Waals surface area contributed by atoms with Gasteiger partial charge >= 0.3 is 0 Å². The molecule has 0 bridgehead atoms. The van der Waals surface area contributed by atoms with Crippen LogP contribution in [0.2, 0.25) is 5.02 Å². The minimum Gasteiger partial charge on any atom is -0.495 e.